The van der Waals surface area contributed by atoms with E-state index in [0.717, 1.165) is 25.7 Å². The molecule has 0 atom stereocenters. The number of thiophene rings is 1. The van der Waals surface area contributed by atoms with Crippen LogP contribution in [0.2, 0.25) is 0 Å². The van der Waals surface area contributed by atoms with Gasteiger partial charge < -0.3 is 9.47 Å². The third-order valence-electron chi connectivity index (χ3n) is 10.5. The summed E-state index contributed by atoms with van der Waals surface area (Å²) in [6, 6.07) is 2.09. The quantitative estimate of drug-likeness (QED) is 0.0498. The van der Waals surface area contributed by atoms with E-state index >= 15 is 0 Å². The highest BCUT2D eigenvalue weighted by Gasteiger charge is 2.11. The van der Waals surface area contributed by atoms with Gasteiger partial charge in [-0.15, -0.1) is 11.3 Å². The highest BCUT2D eigenvalue weighted by atomic mass is 32.1. The summed E-state index contributed by atoms with van der Waals surface area (Å²) in [7, 11) is 0. The Hall–Kier alpha value is -1.36. The van der Waals surface area contributed by atoms with E-state index in [1.165, 1.54) is 190 Å². The Bertz CT molecular complexity index is 812. The molecule has 0 spiro atoms. The van der Waals surface area contributed by atoms with Crippen LogP contribution in [0.3, 0.4) is 0 Å². The maximum atomic E-state index is 12.3. The van der Waals surface area contributed by atoms with Crippen LogP contribution in [0, 0.1) is 0 Å². The van der Waals surface area contributed by atoms with Gasteiger partial charge in [-0.2, -0.15) is 0 Å². The third-order valence-corrected chi connectivity index (χ3v) is 11.5. The van der Waals surface area contributed by atoms with Crippen LogP contribution in [0.4, 0.5) is 0 Å². The molecular weight excluding hydrogens is 649 g/mol. The molecule has 0 fully saturated rings. The number of rotatable bonds is 40. The number of carbonyl (C=O) groups excluding carboxylic acids is 2. The van der Waals surface area contributed by atoms with Crippen molar-refractivity contribution in [1.82, 2.24) is 0 Å². The molecule has 1 aromatic heterocycles. The molecule has 1 aromatic rings. The molecule has 0 radical (unpaired) electrons. The van der Waals surface area contributed by atoms with E-state index in [-0.39, 0.29) is 11.9 Å². The van der Waals surface area contributed by atoms with Crippen LogP contribution >= 0.6 is 11.3 Å². The topological polar surface area (TPSA) is 52.6 Å². The molecule has 0 saturated heterocycles. The lowest BCUT2D eigenvalue weighted by Crippen LogP contribution is -2.09. The molecule has 298 valence electrons. The fourth-order valence-corrected chi connectivity index (χ4v) is 8.02. The van der Waals surface area contributed by atoms with Gasteiger partial charge >= 0.3 is 11.9 Å². The van der Waals surface area contributed by atoms with Gasteiger partial charge in [-0.3, -0.25) is 9.59 Å². The van der Waals surface area contributed by atoms with Gasteiger partial charge in [0.05, 0.1) is 19.6 Å². The normalized spacial score (nSPS) is 11.3. The van der Waals surface area contributed by atoms with Crippen molar-refractivity contribution in [3.05, 3.63) is 21.9 Å². The smallest absolute Gasteiger partial charge is 0.306 e. The van der Waals surface area contributed by atoms with Crippen LogP contribution in [0.5, 0.6) is 0 Å². The SMILES string of the molecule is CCCCCCCCCCCCCCCCCCOC(=O)CCc1ccsc1CCC(=O)OCCCCCCCCCCCCCCCCCC. The average Bonchev–Trinajstić information content (AvgIpc) is 3.59. The van der Waals surface area contributed by atoms with Crippen molar-refractivity contribution < 1.29 is 19.1 Å². The Morgan fingerprint density at radius 1 is 0.431 bits per heavy atom. The zero-order chi connectivity index (χ0) is 36.7. The molecule has 0 amide bonds. The fraction of sp³-hybridized carbons (Fsp3) is 0.870. The summed E-state index contributed by atoms with van der Waals surface area (Å²) in [5.41, 5.74) is 1.17. The van der Waals surface area contributed by atoms with Crippen LogP contribution < -0.4 is 0 Å². The minimum atomic E-state index is -0.105. The van der Waals surface area contributed by atoms with Crippen LogP contribution in [0.25, 0.3) is 0 Å². The number of esters is 2. The van der Waals surface area contributed by atoms with Crippen molar-refractivity contribution in [2.24, 2.45) is 0 Å². The van der Waals surface area contributed by atoms with Crippen molar-refractivity contribution in [2.45, 2.75) is 245 Å². The monoisotopic (exact) mass is 733 g/mol. The first-order valence-corrected chi connectivity index (χ1v) is 23.4. The van der Waals surface area contributed by atoms with Crippen molar-refractivity contribution >= 4 is 23.3 Å². The molecule has 0 N–H and O–H groups in total. The minimum Gasteiger partial charge on any atom is -0.466 e. The predicted octanol–water partition coefficient (Wildman–Crippen LogP) is 15.2. The van der Waals surface area contributed by atoms with Gasteiger partial charge in [-0.1, -0.05) is 206 Å². The first kappa shape index (κ1) is 47.7. The summed E-state index contributed by atoms with van der Waals surface area (Å²) in [5.74, 6) is -0.208. The highest BCUT2D eigenvalue weighted by Crippen LogP contribution is 2.21. The van der Waals surface area contributed by atoms with Gasteiger partial charge in [-0.25, -0.2) is 0 Å². The van der Waals surface area contributed by atoms with Gasteiger partial charge in [0, 0.05) is 11.3 Å². The summed E-state index contributed by atoms with van der Waals surface area (Å²) in [6.07, 6.45) is 45.2. The minimum absolute atomic E-state index is 0.103. The summed E-state index contributed by atoms with van der Waals surface area (Å²) in [6.45, 7) is 5.65. The third kappa shape index (κ3) is 33.0. The number of hydrogen-bond acceptors (Lipinski definition) is 5. The molecular formula is C46H84O4S. The molecule has 0 aliphatic heterocycles. The van der Waals surface area contributed by atoms with Gasteiger partial charge in [0.1, 0.15) is 0 Å². The second-order valence-electron chi connectivity index (χ2n) is 15.4. The van der Waals surface area contributed by atoms with E-state index in [1.807, 2.05) is 0 Å². The number of carbonyl (C=O) groups is 2. The van der Waals surface area contributed by atoms with Crippen LogP contribution in [-0.2, 0) is 31.9 Å². The van der Waals surface area contributed by atoms with Crippen molar-refractivity contribution in [1.29, 1.82) is 0 Å². The maximum absolute atomic E-state index is 12.3. The van der Waals surface area contributed by atoms with Gasteiger partial charge in [0.25, 0.3) is 0 Å². The van der Waals surface area contributed by atoms with E-state index in [1.54, 1.807) is 11.3 Å². The molecule has 1 rings (SSSR count). The maximum Gasteiger partial charge on any atom is 0.306 e. The molecule has 0 saturated carbocycles. The van der Waals surface area contributed by atoms with Crippen molar-refractivity contribution in [3.8, 4) is 0 Å². The molecule has 0 unspecified atom stereocenters. The first-order chi connectivity index (χ1) is 25.2. The van der Waals surface area contributed by atoms with E-state index < -0.39 is 0 Å². The molecule has 4 nitrogen and oxygen atoms in total. The van der Waals surface area contributed by atoms with Gasteiger partial charge in [-0.05, 0) is 42.7 Å². The summed E-state index contributed by atoms with van der Waals surface area (Å²) in [4.78, 5) is 25.8. The zero-order valence-corrected chi connectivity index (χ0v) is 34.9. The lowest BCUT2D eigenvalue weighted by molar-refractivity contribution is -0.144. The summed E-state index contributed by atoms with van der Waals surface area (Å²) < 4.78 is 11.0. The van der Waals surface area contributed by atoms with E-state index in [4.69, 9.17) is 9.47 Å². The Balaban J connectivity index is 1.89. The first-order valence-electron chi connectivity index (χ1n) is 22.5. The molecule has 0 aliphatic rings. The Labute approximate surface area is 321 Å². The predicted molar refractivity (Wildman–Crippen MR) is 222 cm³/mol. The fourth-order valence-electron chi connectivity index (χ4n) is 7.08. The van der Waals surface area contributed by atoms with Crippen LogP contribution in [-0.4, -0.2) is 25.2 Å². The van der Waals surface area contributed by atoms with Crippen molar-refractivity contribution in [3.63, 3.8) is 0 Å². The molecule has 51 heavy (non-hydrogen) atoms. The van der Waals surface area contributed by atoms with E-state index in [9.17, 15) is 9.59 Å². The molecule has 5 heteroatoms. The number of unbranched alkanes of at least 4 members (excludes halogenated alkanes) is 30. The number of aryl methyl sites for hydroxylation is 2. The lowest BCUT2D eigenvalue weighted by atomic mass is 10.0. The van der Waals surface area contributed by atoms with Gasteiger partial charge in [0.2, 0.25) is 0 Å². The second-order valence-corrected chi connectivity index (χ2v) is 16.4. The van der Waals surface area contributed by atoms with E-state index in [2.05, 4.69) is 25.3 Å². The van der Waals surface area contributed by atoms with Crippen LogP contribution in [0.15, 0.2) is 11.4 Å². The largest absolute Gasteiger partial charge is 0.466 e. The summed E-state index contributed by atoms with van der Waals surface area (Å²) >= 11 is 1.67. The standard InChI is InChI=1S/C46H84O4S/c1-3-5-7-9-11-13-15-17-19-21-23-25-27-29-31-33-40-49-45(47)37-35-43-39-42-51-44(43)36-38-46(48)50-41-34-32-30-28-26-24-22-20-18-16-14-12-10-8-6-4-2/h39,42H,3-38,40-41H2,1-2H3. The lowest BCUT2D eigenvalue weighted by Gasteiger charge is -2.07. The average molecular weight is 733 g/mol. The zero-order valence-electron chi connectivity index (χ0n) is 34.1. The van der Waals surface area contributed by atoms with Crippen molar-refractivity contribution in [2.75, 3.05) is 13.2 Å². The summed E-state index contributed by atoms with van der Waals surface area (Å²) in [5, 5.41) is 2.06. The molecule has 0 bridgehead atoms. The highest BCUT2D eigenvalue weighted by molar-refractivity contribution is 7.10. The molecule has 0 aliphatic carbocycles. The second kappa shape index (κ2) is 38.4. The van der Waals surface area contributed by atoms with Crippen LogP contribution in [0.1, 0.15) is 243 Å². The Morgan fingerprint density at radius 2 is 0.725 bits per heavy atom. The number of hydrogen-bond donors (Lipinski definition) is 0. The van der Waals surface area contributed by atoms with E-state index in [0.29, 0.717) is 38.9 Å². The Kier molecular flexibility index (Phi) is 35.9. The Morgan fingerprint density at radius 3 is 1.06 bits per heavy atom. The number of ether oxygens (including phenoxy) is 2. The molecule has 1 heterocycles. The molecule has 0 aromatic carbocycles. The van der Waals surface area contributed by atoms with Gasteiger partial charge in [0.15, 0.2) is 0 Å².